The summed E-state index contributed by atoms with van der Waals surface area (Å²) in [6, 6.07) is 3.84. The molecule has 3 aromatic rings. The third-order valence-electron chi connectivity index (χ3n) is 5.67. The quantitative estimate of drug-likeness (QED) is 0.484. The minimum absolute atomic E-state index is 0.0110. The number of benzene rings is 1. The van der Waals surface area contributed by atoms with Gasteiger partial charge in [-0.15, -0.1) is 0 Å². The molecule has 0 aliphatic heterocycles. The number of halogens is 2. The van der Waals surface area contributed by atoms with Gasteiger partial charge >= 0.3 is 6.08 Å². The van der Waals surface area contributed by atoms with Gasteiger partial charge in [0, 0.05) is 18.5 Å². The van der Waals surface area contributed by atoms with Crippen LogP contribution in [-0.2, 0) is 29.4 Å². The van der Waals surface area contributed by atoms with Gasteiger partial charge in [-0.25, -0.2) is 22.5 Å². The molecule has 0 spiro atoms. The molecule has 2 heterocycles. The smallest absolute Gasteiger partial charge is 0.312 e. The number of nitrogen functional groups attached to an aromatic ring is 1. The Morgan fingerprint density at radius 3 is 2.54 bits per heavy atom. The number of aryl methyl sites for hydroxylation is 3. The van der Waals surface area contributed by atoms with Crippen LogP contribution in [0.2, 0.25) is 0 Å². The highest BCUT2D eigenvalue weighted by Gasteiger charge is 2.25. The Hall–Kier alpha value is -2.66. The summed E-state index contributed by atoms with van der Waals surface area (Å²) in [7, 11) is -3.63. The largest absolute Gasteiger partial charge is 0.382 e. The summed E-state index contributed by atoms with van der Waals surface area (Å²) in [5, 5.41) is 0. The van der Waals surface area contributed by atoms with Gasteiger partial charge in [-0.05, 0) is 62.8 Å². The molecule has 4 rings (SSSR count). The molecule has 3 N–H and O–H groups in total. The van der Waals surface area contributed by atoms with Crippen molar-refractivity contribution in [3.05, 3.63) is 46.3 Å². The minimum Gasteiger partial charge on any atom is -0.382 e. The summed E-state index contributed by atoms with van der Waals surface area (Å²) in [6.45, 7) is 11.2. The Morgan fingerprint density at radius 2 is 1.89 bits per heavy atom. The van der Waals surface area contributed by atoms with E-state index in [-0.39, 0.29) is 35.7 Å². The fourth-order valence-corrected chi connectivity index (χ4v) is 5.73. The maximum atomic E-state index is 14.3. The molecule has 8 nitrogen and oxygen atoms in total. The standard InChI is InChI=1S/C22H28F2N6O2S.C2H6/c1-12-9-13-5-6-16(23)15(13)10-14(12)11-17-26-18-19(25)27-21(24)28-20(18)30(17)7-8-33(31,32)29-22(2,3)4;1-2/h9-10,16,29H,5-8,11H2,1-4H3,(H2,25,27,28);1-2H3. The number of nitrogens with two attached hydrogens (primary N) is 1. The van der Waals surface area contributed by atoms with Crippen molar-refractivity contribution < 1.29 is 17.2 Å². The molecule has 0 fully saturated rings. The molecule has 11 heteroatoms. The van der Waals surface area contributed by atoms with Crippen LogP contribution in [0.4, 0.5) is 14.6 Å². The molecule has 0 saturated carbocycles. The lowest BCUT2D eigenvalue weighted by molar-refractivity contribution is 0.343. The first-order valence-electron chi connectivity index (χ1n) is 11.8. The Labute approximate surface area is 205 Å². The van der Waals surface area contributed by atoms with Crippen molar-refractivity contribution in [3.8, 4) is 0 Å². The second kappa shape index (κ2) is 10.1. The van der Waals surface area contributed by atoms with Crippen LogP contribution in [0.15, 0.2) is 12.1 Å². The lowest BCUT2D eigenvalue weighted by Crippen LogP contribution is -2.42. The summed E-state index contributed by atoms with van der Waals surface area (Å²) < 4.78 is 57.6. The Kier molecular flexibility index (Phi) is 7.80. The number of fused-ring (bicyclic) bond motifs is 2. The van der Waals surface area contributed by atoms with Gasteiger partial charge in [0.25, 0.3) is 0 Å². The van der Waals surface area contributed by atoms with Crippen LogP contribution < -0.4 is 10.5 Å². The molecule has 1 atom stereocenters. The summed E-state index contributed by atoms with van der Waals surface area (Å²) in [5.41, 5.74) is 9.10. The van der Waals surface area contributed by atoms with E-state index < -0.39 is 27.8 Å². The van der Waals surface area contributed by atoms with Gasteiger partial charge in [0.1, 0.15) is 12.0 Å². The van der Waals surface area contributed by atoms with E-state index in [4.69, 9.17) is 5.73 Å². The van der Waals surface area contributed by atoms with Gasteiger partial charge in [-0.1, -0.05) is 26.0 Å². The number of hydrogen-bond donors (Lipinski definition) is 2. The van der Waals surface area contributed by atoms with E-state index in [0.717, 1.165) is 16.7 Å². The molecule has 1 aliphatic rings. The fraction of sp³-hybridized carbons (Fsp3) is 0.542. The molecular weight excluding hydrogens is 474 g/mol. The molecule has 2 aromatic heterocycles. The molecule has 1 aliphatic carbocycles. The highest BCUT2D eigenvalue weighted by molar-refractivity contribution is 7.89. The number of nitrogens with one attached hydrogen (secondary N) is 1. The first-order valence-corrected chi connectivity index (χ1v) is 13.4. The predicted molar refractivity (Wildman–Crippen MR) is 134 cm³/mol. The highest BCUT2D eigenvalue weighted by atomic mass is 32.2. The maximum absolute atomic E-state index is 14.3. The lowest BCUT2D eigenvalue weighted by atomic mass is 9.98. The van der Waals surface area contributed by atoms with Gasteiger partial charge in [-0.2, -0.15) is 14.4 Å². The topological polar surface area (TPSA) is 116 Å². The first kappa shape index (κ1) is 26.9. The SMILES string of the molecule is CC.Cc1cc2c(cc1Cc1nc3c(N)nc(F)nc3n1CCS(=O)(=O)NC(C)(C)C)C(F)CC2. The number of alkyl halides is 1. The fourth-order valence-electron chi connectivity index (χ4n) is 4.28. The van der Waals surface area contributed by atoms with Crippen molar-refractivity contribution in [2.24, 2.45) is 0 Å². The third-order valence-corrected chi connectivity index (χ3v) is 7.31. The molecule has 1 aromatic carbocycles. The molecule has 1 unspecified atom stereocenters. The lowest BCUT2D eigenvalue weighted by Gasteiger charge is -2.20. The van der Waals surface area contributed by atoms with Crippen LogP contribution in [0.25, 0.3) is 11.2 Å². The van der Waals surface area contributed by atoms with Crippen molar-refractivity contribution in [1.29, 1.82) is 0 Å². The summed E-state index contributed by atoms with van der Waals surface area (Å²) in [4.78, 5) is 11.9. The number of hydrogen-bond acceptors (Lipinski definition) is 6. The van der Waals surface area contributed by atoms with Gasteiger partial charge in [0.15, 0.2) is 17.0 Å². The molecule has 0 radical (unpaired) electrons. The highest BCUT2D eigenvalue weighted by Crippen LogP contribution is 2.36. The number of sulfonamides is 1. The normalized spacial score (nSPS) is 15.7. The van der Waals surface area contributed by atoms with E-state index >= 15 is 0 Å². The van der Waals surface area contributed by atoms with Crippen LogP contribution in [0.5, 0.6) is 0 Å². The van der Waals surface area contributed by atoms with E-state index in [1.165, 1.54) is 0 Å². The van der Waals surface area contributed by atoms with Crippen molar-refractivity contribution in [1.82, 2.24) is 24.2 Å². The number of anilines is 1. The molecule has 35 heavy (non-hydrogen) atoms. The van der Waals surface area contributed by atoms with Gasteiger partial charge in [0.2, 0.25) is 10.0 Å². The number of imidazole rings is 1. The van der Waals surface area contributed by atoms with Crippen molar-refractivity contribution in [2.45, 2.75) is 79.1 Å². The number of rotatable bonds is 6. The van der Waals surface area contributed by atoms with Crippen LogP contribution in [-0.4, -0.2) is 39.2 Å². The van der Waals surface area contributed by atoms with Crippen LogP contribution in [0, 0.1) is 13.0 Å². The molecule has 192 valence electrons. The summed E-state index contributed by atoms with van der Waals surface area (Å²) >= 11 is 0. The zero-order chi connectivity index (χ0) is 26.1. The van der Waals surface area contributed by atoms with E-state index in [1.807, 2.05) is 32.9 Å². The average Bonchev–Trinajstić information content (AvgIpc) is 3.27. The molecular formula is C24H34F2N6O2S. The molecule has 0 bridgehead atoms. The van der Waals surface area contributed by atoms with E-state index in [1.54, 1.807) is 25.3 Å². The van der Waals surface area contributed by atoms with Gasteiger partial charge in [-0.3, -0.25) is 0 Å². The minimum atomic E-state index is -3.63. The van der Waals surface area contributed by atoms with Crippen LogP contribution >= 0.6 is 0 Å². The van der Waals surface area contributed by atoms with Gasteiger partial charge in [0.05, 0.1) is 5.75 Å². The van der Waals surface area contributed by atoms with Gasteiger partial charge < -0.3 is 10.3 Å². The van der Waals surface area contributed by atoms with Crippen LogP contribution in [0.1, 0.15) is 75.3 Å². The third kappa shape index (κ3) is 6.13. The summed E-state index contributed by atoms with van der Waals surface area (Å²) in [5.74, 6) is 0.0750. The predicted octanol–water partition coefficient (Wildman–Crippen LogP) is 4.15. The Balaban J connectivity index is 0.00000167. The second-order valence-corrected chi connectivity index (χ2v) is 11.4. The van der Waals surface area contributed by atoms with Crippen LogP contribution in [0.3, 0.4) is 0 Å². The first-order chi connectivity index (χ1) is 16.3. The Bertz CT molecular complexity index is 1330. The Morgan fingerprint density at radius 1 is 1.20 bits per heavy atom. The average molecular weight is 509 g/mol. The van der Waals surface area contributed by atoms with Crippen molar-refractivity contribution in [2.75, 3.05) is 11.5 Å². The molecule has 0 saturated heterocycles. The number of nitrogens with zero attached hydrogens (tertiary/aromatic N) is 4. The zero-order valence-electron chi connectivity index (χ0n) is 21.1. The monoisotopic (exact) mass is 508 g/mol. The zero-order valence-corrected chi connectivity index (χ0v) is 21.9. The maximum Gasteiger partial charge on any atom is 0.312 e. The summed E-state index contributed by atoms with van der Waals surface area (Å²) in [6.07, 6.45) is -0.545. The molecule has 0 amide bonds. The number of aromatic nitrogens is 4. The van der Waals surface area contributed by atoms with E-state index in [0.29, 0.717) is 24.2 Å². The van der Waals surface area contributed by atoms with Crippen molar-refractivity contribution >= 4 is 27.0 Å². The second-order valence-electron chi connectivity index (χ2n) is 9.56. The van der Waals surface area contributed by atoms with E-state index in [9.17, 15) is 17.2 Å². The van der Waals surface area contributed by atoms with Crippen molar-refractivity contribution in [3.63, 3.8) is 0 Å². The van der Waals surface area contributed by atoms with E-state index in [2.05, 4.69) is 19.7 Å².